The zero-order valence-corrected chi connectivity index (χ0v) is 12.6. The Bertz CT molecular complexity index is 686. The summed E-state index contributed by atoms with van der Waals surface area (Å²) in [5.41, 5.74) is 2.04. The highest BCUT2D eigenvalue weighted by Gasteiger charge is 2.23. The maximum atomic E-state index is 12.0. The molecule has 2 aromatic rings. The van der Waals surface area contributed by atoms with Crippen molar-refractivity contribution in [1.29, 1.82) is 0 Å². The van der Waals surface area contributed by atoms with Crippen LogP contribution < -0.4 is 10.6 Å². The number of rotatable bonds is 4. The van der Waals surface area contributed by atoms with E-state index in [4.69, 9.17) is 23.2 Å². The lowest BCUT2D eigenvalue weighted by Crippen LogP contribution is -2.25. The summed E-state index contributed by atoms with van der Waals surface area (Å²) in [6.45, 7) is 0. The van der Waals surface area contributed by atoms with Gasteiger partial charge in [-0.2, -0.15) is 0 Å². The summed E-state index contributed by atoms with van der Waals surface area (Å²) in [6, 6.07) is 7.33. The number of carbonyl (C=O) groups excluding carboxylic acids is 1. The number of pyridine rings is 1. The molecule has 4 nitrogen and oxygen atoms in total. The molecule has 1 aliphatic carbocycles. The Kier molecular flexibility index (Phi) is 3.99. The number of benzene rings is 1. The molecule has 1 aromatic carbocycles. The second-order valence-corrected chi connectivity index (χ2v) is 5.78. The van der Waals surface area contributed by atoms with Gasteiger partial charge in [0, 0.05) is 17.9 Å². The van der Waals surface area contributed by atoms with Crippen LogP contribution >= 0.6 is 23.2 Å². The van der Waals surface area contributed by atoms with Gasteiger partial charge in [0.2, 0.25) is 0 Å². The Morgan fingerprint density at radius 2 is 1.90 bits per heavy atom. The fourth-order valence-electron chi connectivity index (χ4n) is 1.87. The molecule has 108 valence electrons. The van der Waals surface area contributed by atoms with Crippen LogP contribution in [0.3, 0.4) is 0 Å². The normalized spacial score (nSPS) is 13.8. The smallest absolute Gasteiger partial charge is 0.253 e. The fourth-order valence-corrected chi connectivity index (χ4v) is 2.17. The first-order valence-electron chi connectivity index (χ1n) is 6.60. The van der Waals surface area contributed by atoms with Crippen molar-refractivity contribution in [3.8, 4) is 0 Å². The third-order valence-corrected chi connectivity index (χ3v) is 3.86. The quantitative estimate of drug-likeness (QED) is 0.894. The predicted molar refractivity (Wildman–Crippen MR) is 84.5 cm³/mol. The monoisotopic (exact) mass is 321 g/mol. The number of hydrogen-bond acceptors (Lipinski definition) is 3. The van der Waals surface area contributed by atoms with E-state index >= 15 is 0 Å². The number of carbonyl (C=O) groups is 1. The number of amides is 1. The molecule has 1 fully saturated rings. The van der Waals surface area contributed by atoms with Crippen molar-refractivity contribution in [1.82, 2.24) is 10.3 Å². The molecule has 1 heterocycles. The first kappa shape index (κ1) is 14.2. The Morgan fingerprint density at radius 1 is 1.10 bits per heavy atom. The van der Waals surface area contributed by atoms with Crippen LogP contribution in [0.4, 0.5) is 11.4 Å². The van der Waals surface area contributed by atoms with E-state index in [-0.39, 0.29) is 5.91 Å². The molecule has 21 heavy (non-hydrogen) atoms. The summed E-state index contributed by atoms with van der Waals surface area (Å²) in [5, 5.41) is 7.05. The molecule has 0 bridgehead atoms. The van der Waals surface area contributed by atoms with Gasteiger partial charge >= 0.3 is 0 Å². The van der Waals surface area contributed by atoms with Crippen LogP contribution in [0.2, 0.25) is 10.0 Å². The van der Waals surface area contributed by atoms with Crippen LogP contribution in [0.1, 0.15) is 23.2 Å². The molecule has 1 aliphatic rings. The van der Waals surface area contributed by atoms with Crippen molar-refractivity contribution < 1.29 is 4.79 Å². The van der Waals surface area contributed by atoms with Gasteiger partial charge in [-0.1, -0.05) is 23.2 Å². The van der Waals surface area contributed by atoms with Crippen molar-refractivity contribution >= 4 is 40.5 Å². The average Bonchev–Trinajstić information content (AvgIpc) is 3.27. The summed E-state index contributed by atoms with van der Waals surface area (Å²) in [4.78, 5) is 16.1. The largest absolute Gasteiger partial charge is 0.354 e. The van der Waals surface area contributed by atoms with Crippen LogP contribution in [-0.2, 0) is 0 Å². The molecule has 0 unspecified atom stereocenters. The van der Waals surface area contributed by atoms with Crippen molar-refractivity contribution in [3.05, 3.63) is 52.3 Å². The maximum absolute atomic E-state index is 12.0. The van der Waals surface area contributed by atoms with Crippen LogP contribution in [0.25, 0.3) is 0 Å². The molecule has 2 N–H and O–H groups in total. The third-order valence-electron chi connectivity index (χ3n) is 3.12. The summed E-state index contributed by atoms with van der Waals surface area (Å²) < 4.78 is 0. The van der Waals surface area contributed by atoms with Crippen LogP contribution in [0.15, 0.2) is 36.7 Å². The van der Waals surface area contributed by atoms with E-state index in [0.29, 0.717) is 21.7 Å². The van der Waals surface area contributed by atoms with Gasteiger partial charge in [0.25, 0.3) is 5.91 Å². The molecule has 3 rings (SSSR count). The van der Waals surface area contributed by atoms with Gasteiger partial charge in [-0.15, -0.1) is 0 Å². The topological polar surface area (TPSA) is 54.0 Å². The van der Waals surface area contributed by atoms with Crippen molar-refractivity contribution in [2.24, 2.45) is 0 Å². The second-order valence-electron chi connectivity index (χ2n) is 4.96. The van der Waals surface area contributed by atoms with Gasteiger partial charge in [0.1, 0.15) is 0 Å². The van der Waals surface area contributed by atoms with E-state index in [0.717, 1.165) is 24.2 Å². The number of anilines is 2. The Balaban J connectivity index is 1.75. The number of hydrogen-bond donors (Lipinski definition) is 2. The lowest BCUT2D eigenvalue weighted by atomic mass is 10.2. The van der Waals surface area contributed by atoms with Gasteiger partial charge < -0.3 is 10.6 Å². The zero-order valence-electron chi connectivity index (χ0n) is 11.1. The lowest BCUT2D eigenvalue weighted by Gasteiger charge is -2.09. The van der Waals surface area contributed by atoms with Gasteiger partial charge in [0.15, 0.2) is 0 Å². The Hall–Kier alpha value is -1.78. The molecule has 1 aromatic heterocycles. The van der Waals surface area contributed by atoms with Crippen LogP contribution in [0.5, 0.6) is 0 Å². The summed E-state index contributed by atoms with van der Waals surface area (Å²) in [7, 11) is 0. The number of nitrogens with zero attached hydrogens (tertiary/aromatic N) is 1. The minimum absolute atomic E-state index is 0.0946. The Labute approximate surface area is 132 Å². The zero-order chi connectivity index (χ0) is 14.8. The van der Waals surface area contributed by atoms with Crippen molar-refractivity contribution in [3.63, 3.8) is 0 Å². The van der Waals surface area contributed by atoms with E-state index in [2.05, 4.69) is 15.6 Å². The highest BCUT2D eigenvalue weighted by molar-refractivity contribution is 6.42. The summed E-state index contributed by atoms with van der Waals surface area (Å²) in [6.07, 6.45) is 5.31. The molecule has 6 heteroatoms. The van der Waals surface area contributed by atoms with Gasteiger partial charge in [0.05, 0.1) is 27.5 Å². The summed E-state index contributed by atoms with van der Waals surface area (Å²) >= 11 is 11.9. The number of halogens is 2. The Morgan fingerprint density at radius 3 is 2.62 bits per heavy atom. The minimum atomic E-state index is -0.0946. The van der Waals surface area contributed by atoms with Crippen LogP contribution in [-0.4, -0.2) is 16.9 Å². The predicted octanol–water partition coefficient (Wildman–Crippen LogP) is 4.02. The number of aromatic nitrogens is 1. The highest BCUT2D eigenvalue weighted by Crippen LogP contribution is 2.27. The van der Waals surface area contributed by atoms with Gasteiger partial charge in [-0.05, 0) is 37.1 Å². The lowest BCUT2D eigenvalue weighted by molar-refractivity contribution is 0.0951. The number of nitrogens with one attached hydrogen (secondary N) is 2. The average molecular weight is 322 g/mol. The second kappa shape index (κ2) is 5.92. The van der Waals surface area contributed by atoms with E-state index < -0.39 is 0 Å². The molecule has 0 saturated heterocycles. The van der Waals surface area contributed by atoms with Crippen LogP contribution in [0, 0.1) is 0 Å². The van der Waals surface area contributed by atoms with Crippen molar-refractivity contribution in [2.75, 3.05) is 5.32 Å². The van der Waals surface area contributed by atoms with E-state index in [1.807, 2.05) is 6.07 Å². The van der Waals surface area contributed by atoms with E-state index in [1.54, 1.807) is 30.6 Å². The molecule has 1 amide bonds. The SMILES string of the molecule is O=C(NC1CC1)c1cncc(Nc2ccc(Cl)c(Cl)c2)c1. The molecule has 1 saturated carbocycles. The first-order chi connectivity index (χ1) is 10.1. The molecule has 0 atom stereocenters. The minimum Gasteiger partial charge on any atom is -0.354 e. The fraction of sp³-hybridized carbons (Fsp3) is 0.200. The molecule has 0 radical (unpaired) electrons. The van der Waals surface area contributed by atoms with E-state index in [1.165, 1.54) is 0 Å². The first-order valence-corrected chi connectivity index (χ1v) is 7.35. The third kappa shape index (κ3) is 3.65. The van der Waals surface area contributed by atoms with Gasteiger partial charge in [-0.3, -0.25) is 9.78 Å². The molecule has 0 spiro atoms. The van der Waals surface area contributed by atoms with E-state index in [9.17, 15) is 4.79 Å². The molecular formula is C15H13Cl2N3O. The molecule has 0 aliphatic heterocycles. The maximum Gasteiger partial charge on any atom is 0.253 e. The van der Waals surface area contributed by atoms with Gasteiger partial charge in [-0.25, -0.2) is 0 Å². The summed E-state index contributed by atoms with van der Waals surface area (Å²) in [5.74, 6) is -0.0946. The van der Waals surface area contributed by atoms with Crippen molar-refractivity contribution in [2.45, 2.75) is 18.9 Å². The highest BCUT2D eigenvalue weighted by atomic mass is 35.5. The molecular weight excluding hydrogens is 309 g/mol. The standard InChI is InChI=1S/C15H13Cl2N3O/c16-13-4-3-11(6-14(13)17)19-12-5-9(7-18-8-12)15(21)20-10-1-2-10/h3-8,10,19H,1-2H2,(H,20,21).